The predicted octanol–water partition coefficient (Wildman–Crippen LogP) is 2.33. The van der Waals surface area contributed by atoms with Crippen molar-refractivity contribution in [2.24, 2.45) is 10.9 Å². The van der Waals surface area contributed by atoms with Crippen molar-refractivity contribution in [1.29, 1.82) is 0 Å². The van der Waals surface area contributed by atoms with Crippen molar-refractivity contribution in [2.45, 2.75) is 6.54 Å². The van der Waals surface area contributed by atoms with E-state index in [1.165, 1.54) is 0 Å². The number of benzene rings is 1. The van der Waals surface area contributed by atoms with Crippen LogP contribution in [0.3, 0.4) is 0 Å². The Morgan fingerprint density at radius 2 is 2.06 bits per heavy atom. The summed E-state index contributed by atoms with van der Waals surface area (Å²) in [6.45, 7) is 0.393. The van der Waals surface area contributed by atoms with E-state index in [0.717, 1.165) is 5.56 Å². The molecule has 94 valence electrons. The van der Waals surface area contributed by atoms with Gasteiger partial charge in [0.25, 0.3) is 0 Å². The highest BCUT2D eigenvalue weighted by Crippen LogP contribution is 2.25. The maximum absolute atomic E-state index is 8.66. The monoisotopic (exact) mass is 284 g/mol. The molecule has 0 aliphatic carbocycles. The molecule has 0 atom stereocenters. The molecule has 3 N–H and O–H groups in total. The van der Waals surface area contributed by atoms with E-state index >= 15 is 0 Å². The Bertz CT molecular complexity index is 574. The first-order chi connectivity index (χ1) is 8.63. The highest BCUT2D eigenvalue weighted by atomic mass is 35.5. The first-order valence-electron chi connectivity index (χ1n) is 5.05. The molecule has 18 heavy (non-hydrogen) atoms. The van der Waals surface area contributed by atoms with Crippen LogP contribution in [0.2, 0.25) is 10.0 Å². The minimum atomic E-state index is -0.0665. The minimum Gasteiger partial charge on any atom is -0.409 e. The van der Waals surface area contributed by atoms with Crippen molar-refractivity contribution in [3.8, 4) is 0 Å². The van der Waals surface area contributed by atoms with Crippen molar-refractivity contribution < 1.29 is 5.21 Å². The third kappa shape index (κ3) is 2.42. The van der Waals surface area contributed by atoms with Gasteiger partial charge in [-0.2, -0.15) is 0 Å². The summed E-state index contributed by atoms with van der Waals surface area (Å²) in [6.07, 6.45) is 3.26. The second-order valence-corrected chi connectivity index (χ2v) is 4.38. The van der Waals surface area contributed by atoms with Crippen LogP contribution in [0.1, 0.15) is 11.4 Å². The summed E-state index contributed by atoms with van der Waals surface area (Å²) in [6, 6.07) is 5.28. The van der Waals surface area contributed by atoms with E-state index in [-0.39, 0.29) is 5.84 Å². The molecule has 0 saturated heterocycles. The van der Waals surface area contributed by atoms with Crippen molar-refractivity contribution in [1.82, 2.24) is 9.55 Å². The van der Waals surface area contributed by atoms with Gasteiger partial charge in [0.1, 0.15) is 0 Å². The zero-order chi connectivity index (χ0) is 13.1. The van der Waals surface area contributed by atoms with Gasteiger partial charge in [-0.3, -0.25) is 0 Å². The van der Waals surface area contributed by atoms with Crippen LogP contribution in [0, 0.1) is 0 Å². The predicted molar refractivity (Wildman–Crippen MR) is 70.3 cm³/mol. The highest BCUT2D eigenvalue weighted by molar-refractivity contribution is 6.35. The molecule has 7 heteroatoms. The van der Waals surface area contributed by atoms with Crippen LogP contribution in [0.4, 0.5) is 0 Å². The van der Waals surface area contributed by atoms with E-state index in [4.69, 9.17) is 34.1 Å². The molecule has 0 fully saturated rings. The van der Waals surface area contributed by atoms with Crippen molar-refractivity contribution in [3.05, 3.63) is 52.0 Å². The lowest BCUT2D eigenvalue weighted by Gasteiger charge is -2.10. The van der Waals surface area contributed by atoms with E-state index in [9.17, 15) is 0 Å². The molecule has 2 rings (SSSR count). The zero-order valence-electron chi connectivity index (χ0n) is 9.22. The molecule has 2 aromatic rings. The van der Waals surface area contributed by atoms with Crippen molar-refractivity contribution >= 4 is 29.0 Å². The summed E-state index contributed by atoms with van der Waals surface area (Å²) in [5.41, 5.74) is 6.28. The normalized spacial score (nSPS) is 11.8. The van der Waals surface area contributed by atoms with Gasteiger partial charge in [-0.1, -0.05) is 34.4 Å². The number of imidazole rings is 1. The van der Waals surface area contributed by atoms with E-state index in [1.807, 2.05) is 0 Å². The van der Waals surface area contributed by atoms with Crippen LogP contribution >= 0.6 is 23.2 Å². The summed E-state index contributed by atoms with van der Waals surface area (Å²) in [7, 11) is 0. The quantitative estimate of drug-likeness (QED) is 0.393. The van der Waals surface area contributed by atoms with Gasteiger partial charge in [-0.25, -0.2) is 4.98 Å². The van der Waals surface area contributed by atoms with Crippen molar-refractivity contribution in [2.75, 3.05) is 0 Å². The molecular weight excluding hydrogens is 275 g/mol. The second-order valence-electron chi connectivity index (χ2n) is 3.56. The molecule has 0 radical (unpaired) electrons. The summed E-state index contributed by atoms with van der Waals surface area (Å²) < 4.78 is 1.70. The number of nitrogens with two attached hydrogens (primary N) is 1. The third-order valence-corrected chi connectivity index (χ3v) is 3.15. The standard InChI is InChI=1S/C11H10Cl2N4O/c12-8-2-1-3-9(13)7(8)6-17-5-4-15-11(17)10(14)16-18/h1-5,18H,6H2,(H2,14,16). The third-order valence-electron chi connectivity index (χ3n) is 2.44. The molecule has 0 spiro atoms. The summed E-state index contributed by atoms with van der Waals surface area (Å²) in [4.78, 5) is 4.00. The molecule has 0 bridgehead atoms. The van der Waals surface area contributed by atoms with Crippen LogP contribution < -0.4 is 5.73 Å². The molecule has 0 amide bonds. The summed E-state index contributed by atoms with van der Waals surface area (Å²) in [5.74, 6) is 0.289. The Balaban J connectivity index is 2.38. The van der Waals surface area contributed by atoms with Crippen LogP contribution in [0.5, 0.6) is 0 Å². The number of rotatable bonds is 3. The lowest BCUT2D eigenvalue weighted by atomic mass is 10.2. The molecule has 0 saturated carbocycles. The molecule has 0 unspecified atom stereocenters. The first kappa shape index (κ1) is 12.7. The van der Waals surface area contributed by atoms with Gasteiger partial charge in [0, 0.05) is 28.0 Å². The smallest absolute Gasteiger partial charge is 0.206 e. The average molecular weight is 285 g/mol. The fourth-order valence-corrected chi connectivity index (χ4v) is 2.09. The van der Waals surface area contributed by atoms with Gasteiger partial charge in [-0.05, 0) is 12.1 Å². The Kier molecular flexibility index (Phi) is 3.74. The number of nitrogens with zero attached hydrogens (tertiary/aromatic N) is 3. The number of halogens is 2. The molecule has 5 nitrogen and oxygen atoms in total. The topological polar surface area (TPSA) is 76.4 Å². The zero-order valence-corrected chi connectivity index (χ0v) is 10.7. The lowest BCUT2D eigenvalue weighted by molar-refractivity contribution is 0.318. The van der Waals surface area contributed by atoms with Gasteiger partial charge < -0.3 is 15.5 Å². The molecule has 0 aliphatic heterocycles. The summed E-state index contributed by atoms with van der Waals surface area (Å²) >= 11 is 12.2. The van der Waals surface area contributed by atoms with Crippen LogP contribution in [0.15, 0.2) is 35.7 Å². The van der Waals surface area contributed by atoms with Gasteiger partial charge in [0.15, 0.2) is 5.82 Å². The average Bonchev–Trinajstić information content (AvgIpc) is 2.81. The van der Waals surface area contributed by atoms with Crippen LogP contribution in [-0.2, 0) is 6.54 Å². The van der Waals surface area contributed by atoms with Gasteiger partial charge in [-0.15, -0.1) is 0 Å². The van der Waals surface area contributed by atoms with E-state index in [0.29, 0.717) is 22.4 Å². The largest absolute Gasteiger partial charge is 0.409 e. The van der Waals surface area contributed by atoms with Gasteiger partial charge in [0.2, 0.25) is 5.84 Å². The van der Waals surface area contributed by atoms with Crippen LogP contribution in [-0.4, -0.2) is 20.6 Å². The number of amidine groups is 1. The van der Waals surface area contributed by atoms with E-state index < -0.39 is 0 Å². The maximum Gasteiger partial charge on any atom is 0.206 e. The second kappa shape index (κ2) is 5.29. The van der Waals surface area contributed by atoms with Crippen molar-refractivity contribution in [3.63, 3.8) is 0 Å². The number of hydrogen-bond acceptors (Lipinski definition) is 3. The molecular formula is C11H10Cl2N4O. The minimum absolute atomic E-state index is 0.0665. The summed E-state index contributed by atoms with van der Waals surface area (Å²) in [5, 5.41) is 12.7. The Hall–Kier alpha value is -1.72. The molecule has 1 aromatic heterocycles. The van der Waals surface area contributed by atoms with E-state index in [1.54, 1.807) is 35.2 Å². The van der Waals surface area contributed by atoms with Gasteiger partial charge in [0.05, 0.1) is 6.54 Å². The molecule has 1 aromatic carbocycles. The molecule has 1 heterocycles. The first-order valence-corrected chi connectivity index (χ1v) is 5.81. The van der Waals surface area contributed by atoms with E-state index in [2.05, 4.69) is 10.1 Å². The Morgan fingerprint density at radius 3 is 2.67 bits per heavy atom. The number of aromatic nitrogens is 2. The Labute approximate surface area is 113 Å². The van der Waals surface area contributed by atoms with Gasteiger partial charge >= 0.3 is 0 Å². The number of hydrogen-bond donors (Lipinski definition) is 2. The SMILES string of the molecule is NC(=NO)c1nccn1Cc1c(Cl)cccc1Cl. The molecule has 0 aliphatic rings. The Morgan fingerprint density at radius 1 is 1.39 bits per heavy atom. The van der Waals surface area contributed by atoms with Crippen LogP contribution in [0.25, 0.3) is 0 Å². The fraction of sp³-hybridized carbons (Fsp3) is 0.0909. The fourth-order valence-electron chi connectivity index (χ4n) is 1.57. The lowest BCUT2D eigenvalue weighted by Crippen LogP contribution is -2.20. The highest BCUT2D eigenvalue weighted by Gasteiger charge is 2.11. The number of oxime groups is 1. The maximum atomic E-state index is 8.66.